The molecule has 0 aliphatic carbocycles. The zero-order valence-corrected chi connectivity index (χ0v) is 11.4. The number of rotatable bonds is 6. The molecule has 2 N–H and O–H groups in total. The van der Waals surface area contributed by atoms with E-state index in [4.69, 9.17) is 15.7 Å². The SMILES string of the molecule is CC(N)Cc1cccc(OCCC(C)(C)C#N)c1. The van der Waals surface area contributed by atoms with Crippen LogP contribution < -0.4 is 10.5 Å². The molecule has 0 radical (unpaired) electrons. The molecule has 0 fully saturated rings. The Morgan fingerprint density at radius 2 is 2.17 bits per heavy atom. The molecule has 3 nitrogen and oxygen atoms in total. The second kappa shape index (κ2) is 6.42. The second-order valence-corrected chi connectivity index (χ2v) is 5.42. The van der Waals surface area contributed by atoms with Crippen molar-refractivity contribution in [2.45, 2.75) is 39.7 Å². The number of hydrogen-bond donors (Lipinski definition) is 1. The molecular weight excluding hydrogens is 224 g/mol. The minimum atomic E-state index is -0.330. The van der Waals surface area contributed by atoms with Crippen LogP contribution in [0.4, 0.5) is 0 Å². The third-order valence-corrected chi connectivity index (χ3v) is 2.75. The summed E-state index contributed by atoms with van der Waals surface area (Å²) in [7, 11) is 0. The summed E-state index contributed by atoms with van der Waals surface area (Å²) in [6.07, 6.45) is 1.57. The lowest BCUT2D eigenvalue weighted by atomic mass is 9.92. The minimum absolute atomic E-state index is 0.151. The van der Waals surface area contributed by atoms with Crippen molar-refractivity contribution in [3.8, 4) is 11.8 Å². The summed E-state index contributed by atoms with van der Waals surface area (Å²) >= 11 is 0. The molecule has 18 heavy (non-hydrogen) atoms. The van der Waals surface area contributed by atoms with Gasteiger partial charge in [0.2, 0.25) is 0 Å². The van der Waals surface area contributed by atoms with Crippen LogP contribution in [0, 0.1) is 16.7 Å². The molecule has 0 amide bonds. The standard InChI is InChI=1S/C15H22N2O/c1-12(17)9-13-5-4-6-14(10-13)18-8-7-15(2,3)11-16/h4-6,10,12H,7-9,17H2,1-3H3. The minimum Gasteiger partial charge on any atom is -0.494 e. The van der Waals surface area contributed by atoms with E-state index in [0.717, 1.165) is 18.6 Å². The summed E-state index contributed by atoms with van der Waals surface area (Å²) in [6.45, 7) is 6.39. The average Bonchev–Trinajstić information content (AvgIpc) is 2.28. The Morgan fingerprint density at radius 1 is 1.44 bits per heavy atom. The van der Waals surface area contributed by atoms with E-state index in [9.17, 15) is 0 Å². The smallest absolute Gasteiger partial charge is 0.119 e. The van der Waals surface area contributed by atoms with Crippen molar-refractivity contribution < 1.29 is 4.74 Å². The highest BCUT2D eigenvalue weighted by Gasteiger charge is 2.16. The number of nitrogens with two attached hydrogens (primary N) is 1. The molecule has 1 aromatic rings. The van der Waals surface area contributed by atoms with Crippen molar-refractivity contribution >= 4 is 0 Å². The van der Waals surface area contributed by atoms with Crippen LogP contribution in [0.15, 0.2) is 24.3 Å². The lowest BCUT2D eigenvalue weighted by Crippen LogP contribution is -2.17. The van der Waals surface area contributed by atoms with Gasteiger partial charge in [0.1, 0.15) is 5.75 Å². The molecule has 1 atom stereocenters. The first-order chi connectivity index (χ1) is 8.43. The average molecular weight is 246 g/mol. The highest BCUT2D eigenvalue weighted by Crippen LogP contribution is 2.20. The maximum absolute atomic E-state index is 8.92. The van der Waals surface area contributed by atoms with Gasteiger partial charge in [-0.3, -0.25) is 0 Å². The number of nitriles is 1. The van der Waals surface area contributed by atoms with Gasteiger partial charge < -0.3 is 10.5 Å². The molecule has 0 spiro atoms. The van der Waals surface area contributed by atoms with Crippen LogP contribution in [0.1, 0.15) is 32.8 Å². The summed E-state index contributed by atoms with van der Waals surface area (Å²) in [5.74, 6) is 0.849. The summed E-state index contributed by atoms with van der Waals surface area (Å²) in [5, 5.41) is 8.92. The summed E-state index contributed by atoms with van der Waals surface area (Å²) in [6, 6.07) is 10.4. The van der Waals surface area contributed by atoms with E-state index >= 15 is 0 Å². The molecule has 0 heterocycles. The van der Waals surface area contributed by atoms with Crippen molar-refractivity contribution in [3.63, 3.8) is 0 Å². The second-order valence-electron chi connectivity index (χ2n) is 5.42. The van der Waals surface area contributed by atoms with E-state index in [2.05, 4.69) is 12.1 Å². The van der Waals surface area contributed by atoms with E-state index < -0.39 is 0 Å². The van der Waals surface area contributed by atoms with Gasteiger partial charge in [0.15, 0.2) is 0 Å². The fourth-order valence-electron chi connectivity index (χ4n) is 1.61. The predicted octanol–water partition coefficient (Wildman–Crippen LogP) is 2.89. The highest BCUT2D eigenvalue weighted by molar-refractivity contribution is 5.29. The van der Waals surface area contributed by atoms with Crippen LogP contribution in [-0.4, -0.2) is 12.6 Å². The predicted molar refractivity (Wildman–Crippen MR) is 73.3 cm³/mol. The topological polar surface area (TPSA) is 59.0 Å². The zero-order valence-electron chi connectivity index (χ0n) is 11.4. The Balaban J connectivity index is 2.51. The highest BCUT2D eigenvalue weighted by atomic mass is 16.5. The number of benzene rings is 1. The van der Waals surface area contributed by atoms with Crippen LogP contribution in [0.25, 0.3) is 0 Å². The van der Waals surface area contributed by atoms with Crippen LogP contribution in [0.2, 0.25) is 0 Å². The van der Waals surface area contributed by atoms with Crippen molar-refractivity contribution in [2.24, 2.45) is 11.1 Å². The molecule has 1 aromatic carbocycles. The van der Waals surface area contributed by atoms with Crippen molar-refractivity contribution in [1.82, 2.24) is 0 Å². The van der Waals surface area contributed by atoms with Gasteiger partial charge in [0.05, 0.1) is 18.1 Å². The quantitative estimate of drug-likeness (QED) is 0.839. The van der Waals surface area contributed by atoms with Gasteiger partial charge in [-0.2, -0.15) is 5.26 Å². The molecule has 0 aromatic heterocycles. The molecule has 1 rings (SSSR count). The monoisotopic (exact) mass is 246 g/mol. The summed E-state index contributed by atoms with van der Waals surface area (Å²) in [5.41, 5.74) is 6.63. The normalized spacial score (nSPS) is 12.8. The molecule has 0 bridgehead atoms. The molecule has 0 aliphatic heterocycles. The maximum Gasteiger partial charge on any atom is 0.119 e. The van der Waals surface area contributed by atoms with E-state index in [1.54, 1.807) is 0 Å². The lowest BCUT2D eigenvalue weighted by molar-refractivity contribution is 0.264. The fraction of sp³-hybridized carbons (Fsp3) is 0.533. The molecule has 0 aliphatic rings. The van der Waals surface area contributed by atoms with Crippen molar-refractivity contribution in [1.29, 1.82) is 5.26 Å². The third-order valence-electron chi connectivity index (χ3n) is 2.75. The first kappa shape index (κ1) is 14.5. The van der Waals surface area contributed by atoms with Crippen LogP contribution >= 0.6 is 0 Å². The maximum atomic E-state index is 8.92. The Labute approximate surface area is 110 Å². The molecule has 98 valence electrons. The summed E-state index contributed by atoms with van der Waals surface area (Å²) in [4.78, 5) is 0. The third kappa shape index (κ3) is 5.20. The number of ether oxygens (including phenoxy) is 1. The van der Waals surface area contributed by atoms with Gasteiger partial charge in [-0.15, -0.1) is 0 Å². The van der Waals surface area contributed by atoms with Crippen LogP contribution in [0.3, 0.4) is 0 Å². The number of hydrogen-bond acceptors (Lipinski definition) is 3. The zero-order chi connectivity index (χ0) is 13.6. The first-order valence-electron chi connectivity index (χ1n) is 6.31. The van der Waals surface area contributed by atoms with Crippen LogP contribution in [0.5, 0.6) is 5.75 Å². The van der Waals surface area contributed by atoms with Gasteiger partial charge in [-0.05, 0) is 51.3 Å². The van der Waals surface area contributed by atoms with E-state index in [-0.39, 0.29) is 11.5 Å². The largest absolute Gasteiger partial charge is 0.494 e. The van der Waals surface area contributed by atoms with Gasteiger partial charge in [-0.25, -0.2) is 0 Å². The molecule has 0 saturated carbocycles. The van der Waals surface area contributed by atoms with E-state index in [1.165, 1.54) is 5.56 Å². The van der Waals surface area contributed by atoms with Gasteiger partial charge in [-0.1, -0.05) is 12.1 Å². The van der Waals surface area contributed by atoms with Gasteiger partial charge in [0.25, 0.3) is 0 Å². The Bertz CT molecular complexity index is 419. The summed E-state index contributed by atoms with van der Waals surface area (Å²) < 4.78 is 5.67. The number of nitrogens with zero attached hydrogens (tertiary/aromatic N) is 1. The molecule has 1 unspecified atom stereocenters. The Kier molecular flexibility index (Phi) is 5.18. The Morgan fingerprint density at radius 3 is 2.78 bits per heavy atom. The first-order valence-corrected chi connectivity index (χ1v) is 6.31. The van der Waals surface area contributed by atoms with Crippen molar-refractivity contribution in [3.05, 3.63) is 29.8 Å². The van der Waals surface area contributed by atoms with E-state index in [0.29, 0.717) is 6.61 Å². The van der Waals surface area contributed by atoms with Crippen molar-refractivity contribution in [2.75, 3.05) is 6.61 Å². The molecule has 0 saturated heterocycles. The molecular formula is C15H22N2O. The Hall–Kier alpha value is -1.53. The van der Waals surface area contributed by atoms with Gasteiger partial charge in [0, 0.05) is 6.04 Å². The lowest BCUT2D eigenvalue weighted by Gasteiger charge is -2.15. The van der Waals surface area contributed by atoms with E-state index in [1.807, 2.05) is 39.0 Å². The van der Waals surface area contributed by atoms with Gasteiger partial charge >= 0.3 is 0 Å². The fourth-order valence-corrected chi connectivity index (χ4v) is 1.61. The molecule has 3 heteroatoms. The van der Waals surface area contributed by atoms with Crippen LogP contribution in [-0.2, 0) is 6.42 Å².